The number of nitrogens with zero attached hydrogens (tertiary/aromatic N) is 1. The van der Waals surface area contributed by atoms with E-state index < -0.39 is 12.8 Å². The van der Waals surface area contributed by atoms with Crippen molar-refractivity contribution in [3.8, 4) is 0 Å². The number of hydrogen-bond acceptors (Lipinski definition) is 1. The Morgan fingerprint density at radius 3 is 2.13 bits per heavy atom. The second kappa shape index (κ2) is 5.87. The summed E-state index contributed by atoms with van der Waals surface area (Å²) in [4.78, 5) is 1.93. The van der Waals surface area contributed by atoms with Crippen LogP contribution in [-0.4, -0.2) is 31.5 Å². The van der Waals surface area contributed by atoms with Crippen LogP contribution in [0, 0.1) is 5.41 Å². The molecule has 1 unspecified atom stereocenters. The summed E-state index contributed by atoms with van der Waals surface area (Å²) in [5, 5.41) is 0. The molecular weight excluding hydrogens is 229 g/mol. The molecule has 0 saturated carbocycles. The van der Waals surface area contributed by atoms with Gasteiger partial charge in [0.05, 0.1) is 0 Å². The SMILES string of the molecule is CC(C)(C)CN1CCC([B-](F)(F)F)C1.[K+]. The minimum atomic E-state index is -4.63. The molecule has 0 amide bonds. The van der Waals surface area contributed by atoms with Gasteiger partial charge in [-0.05, 0) is 18.5 Å². The van der Waals surface area contributed by atoms with Crippen LogP contribution in [0.5, 0.6) is 0 Å². The fourth-order valence-corrected chi connectivity index (χ4v) is 1.99. The minimum Gasteiger partial charge on any atom is -0.449 e. The van der Waals surface area contributed by atoms with Gasteiger partial charge >= 0.3 is 58.4 Å². The van der Waals surface area contributed by atoms with Crippen molar-refractivity contribution in [3.05, 3.63) is 0 Å². The molecule has 1 fully saturated rings. The van der Waals surface area contributed by atoms with Gasteiger partial charge in [-0.25, -0.2) is 0 Å². The second-order valence-electron chi connectivity index (χ2n) is 5.47. The quantitative estimate of drug-likeness (QED) is 0.619. The van der Waals surface area contributed by atoms with Gasteiger partial charge in [0, 0.05) is 6.54 Å². The largest absolute Gasteiger partial charge is 1.00 e. The maximum atomic E-state index is 12.4. The first-order valence-corrected chi connectivity index (χ1v) is 5.11. The monoisotopic (exact) mass is 247 g/mol. The molecule has 6 heteroatoms. The van der Waals surface area contributed by atoms with Crippen LogP contribution in [0.2, 0.25) is 5.82 Å². The molecule has 84 valence electrons. The van der Waals surface area contributed by atoms with Crippen molar-refractivity contribution in [1.29, 1.82) is 0 Å². The molecule has 0 aliphatic carbocycles. The molecule has 0 spiro atoms. The molecule has 1 aliphatic heterocycles. The molecule has 0 aromatic carbocycles. The zero-order chi connectivity index (χ0) is 11.0. The molecule has 1 heterocycles. The van der Waals surface area contributed by atoms with Crippen molar-refractivity contribution in [2.45, 2.75) is 33.0 Å². The summed E-state index contributed by atoms with van der Waals surface area (Å²) in [5.41, 5.74) is 0.0908. The topological polar surface area (TPSA) is 3.24 Å². The summed E-state index contributed by atoms with van der Waals surface area (Å²) < 4.78 is 37.2. The summed E-state index contributed by atoms with van der Waals surface area (Å²) in [5.74, 6) is -1.04. The van der Waals surface area contributed by atoms with Crippen LogP contribution in [-0.2, 0) is 0 Å². The fraction of sp³-hybridized carbons (Fsp3) is 1.00. The van der Waals surface area contributed by atoms with E-state index in [1.165, 1.54) is 0 Å². The van der Waals surface area contributed by atoms with Crippen LogP contribution < -0.4 is 51.4 Å². The Hall–Kier alpha value is 1.45. The summed E-state index contributed by atoms with van der Waals surface area (Å²) in [6.45, 7) is 3.11. The van der Waals surface area contributed by atoms with Gasteiger partial charge in [-0.1, -0.05) is 33.0 Å². The van der Waals surface area contributed by atoms with Crippen molar-refractivity contribution in [2.75, 3.05) is 19.6 Å². The number of rotatable bonds is 2. The minimum absolute atomic E-state index is 0. The number of hydrogen-bond donors (Lipinski definition) is 0. The van der Waals surface area contributed by atoms with Crippen molar-refractivity contribution in [2.24, 2.45) is 5.41 Å². The number of likely N-dealkylation sites (tertiary alicyclic amines) is 1. The maximum absolute atomic E-state index is 12.4. The van der Waals surface area contributed by atoms with E-state index in [0.717, 1.165) is 6.54 Å². The van der Waals surface area contributed by atoms with Gasteiger partial charge < -0.3 is 17.8 Å². The van der Waals surface area contributed by atoms with Crippen LogP contribution in [0.25, 0.3) is 0 Å². The molecule has 15 heavy (non-hydrogen) atoms. The van der Waals surface area contributed by atoms with Gasteiger partial charge in [0.2, 0.25) is 0 Å². The molecule has 1 aliphatic rings. The van der Waals surface area contributed by atoms with Crippen molar-refractivity contribution in [1.82, 2.24) is 4.90 Å². The van der Waals surface area contributed by atoms with Gasteiger partial charge in [-0.2, -0.15) is 0 Å². The molecule has 0 bridgehead atoms. The third kappa shape index (κ3) is 6.08. The average Bonchev–Trinajstić information content (AvgIpc) is 2.29. The Labute approximate surface area is 133 Å². The first-order chi connectivity index (χ1) is 6.18. The van der Waals surface area contributed by atoms with Gasteiger partial charge in [-0.15, -0.1) is 0 Å². The van der Waals surface area contributed by atoms with Crippen molar-refractivity contribution >= 4 is 6.98 Å². The number of halogens is 3. The van der Waals surface area contributed by atoms with Crippen LogP contribution in [0.15, 0.2) is 0 Å². The standard InChI is InChI=1S/C9H18BF3N.K/c1-9(2,3)7-14-5-4-8(6-14)10(11,12)13;/h8H,4-7H2,1-3H3;/q-1;+1. The van der Waals surface area contributed by atoms with Crippen LogP contribution in [0.4, 0.5) is 12.9 Å². The van der Waals surface area contributed by atoms with E-state index in [0.29, 0.717) is 13.0 Å². The normalized spacial score (nSPS) is 24.0. The summed E-state index contributed by atoms with van der Waals surface area (Å²) in [6, 6.07) is 0. The van der Waals surface area contributed by atoms with Gasteiger partial charge in [0.15, 0.2) is 0 Å². The van der Waals surface area contributed by atoms with E-state index in [9.17, 15) is 12.9 Å². The van der Waals surface area contributed by atoms with Gasteiger partial charge in [0.25, 0.3) is 0 Å². The molecule has 1 rings (SSSR count). The van der Waals surface area contributed by atoms with Crippen molar-refractivity contribution < 1.29 is 64.3 Å². The molecule has 0 N–H and O–H groups in total. The molecular formula is C9H18BF3KN. The average molecular weight is 247 g/mol. The Bertz CT molecular complexity index is 203. The second-order valence-corrected chi connectivity index (χ2v) is 5.47. The van der Waals surface area contributed by atoms with E-state index in [-0.39, 0.29) is 63.3 Å². The predicted molar refractivity (Wildman–Crippen MR) is 53.3 cm³/mol. The van der Waals surface area contributed by atoms with Crippen molar-refractivity contribution in [3.63, 3.8) is 0 Å². The third-order valence-corrected chi connectivity index (χ3v) is 2.54. The van der Waals surface area contributed by atoms with Gasteiger partial charge in [-0.3, -0.25) is 0 Å². The third-order valence-electron chi connectivity index (χ3n) is 2.54. The fourth-order valence-electron chi connectivity index (χ4n) is 1.99. The maximum Gasteiger partial charge on any atom is 1.00 e. The smallest absolute Gasteiger partial charge is 0.449 e. The summed E-state index contributed by atoms with van der Waals surface area (Å²) in [6.07, 6.45) is 0.291. The first-order valence-electron chi connectivity index (χ1n) is 5.11. The predicted octanol–water partition coefficient (Wildman–Crippen LogP) is -0.0402. The van der Waals surface area contributed by atoms with Crippen LogP contribution >= 0.6 is 0 Å². The summed E-state index contributed by atoms with van der Waals surface area (Å²) in [7, 11) is 0. The Balaban J connectivity index is 0.00000196. The molecule has 1 atom stereocenters. The Morgan fingerprint density at radius 2 is 1.80 bits per heavy atom. The van der Waals surface area contributed by atoms with E-state index >= 15 is 0 Å². The zero-order valence-corrected chi connectivity index (χ0v) is 13.2. The molecule has 0 aromatic heterocycles. The molecule has 0 radical (unpaired) electrons. The Kier molecular flexibility index (Phi) is 6.44. The van der Waals surface area contributed by atoms with Crippen LogP contribution in [0.3, 0.4) is 0 Å². The molecule has 0 aromatic rings. The Morgan fingerprint density at radius 1 is 1.27 bits per heavy atom. The molecule has 1 saturated heterocycles. The van der Waals surface area contributed by atoms with Crippen LogP contribution in [0.1, 0.15) is 27.2 Å². The first kappa shape index (κ1) is 16.5. The van der Waals surface area contributed by atoms with E-state index in [4.69, 9.17) is 0 Å². The zero-order valence-electron chi connectivity index (χ0n) is 10.1. The summed E-state index contributed by atoms with van der Waals surface area (Å²) >= 11 is 0. The van der Waals surface area contributed by atoms with Gasteiger partial charge in [0.1, 0.15) is 0 Å². The van der Waals surface area contributed by atoms with E-state index in [1.54, 1.807) is 0 Å². The van der Waals surface area contributed by atoms with E-state index in [2.05, 4.69) is 20.8 Å². The van der Waals surface area contributed by atoms with E-state index in [1.807, 2.05) is 4.90 Å². The molecule has 1 nitrogen and oxygen atoms in total.